The van der Waals surface area contributed by atoms with Crippen molar-refractivity contribution in [2.24, 2.45) is 5.92 Å². The summed E-state index contributed by atoms with van der Waals surface area (Å²) < 4.78 is 8.88. The predicted octanol–water partition coefficient (Wildman–Crippen LogP) is 1.94. The molecular weight excluding hydrogens is 255 g/mol. The Hall–Kier alpha value is -1.35. The summed E-state index contributed by atoms with van der Waals surface area (Å²) in [7, 11) is -4.64. The molecule has 0 aromatic heterocycles. The first-order valence-electron chi connectivity index (χ1n) is 5.27. The minimum Gasteiger partial charge on any atom is -0.303 e. The van der Waals surface area contributed by atoms with E-state index in [9.17, 15) is 0 Å². The van der Waals surface area contributed by atoms with Gasteiger partial charge >= 0.3 is 7.82 Å². The lowest BCUT2D eigenvalue weighted by atomic mass is 10.1. The molecule has 102 valence electrons. The number of nitriles is 2. The maximum Gasteiger partial charge on any atom is 0.466 e. The number of hydrogen-bond donors (Lipinski definition) is 3. The number of hydrogen-bond acceptors (Lipinski definition) is 3. The molecule has 0 aliphatic carbocycles. The smallest absolute Gasteiger partial charge is 0.303 e. The van der Waals surface area contributed by atoms with Gasteiger partial charge in [0.25, 0.3) is 0 Å². The minimum atomic E-state index is -4.64. The number of terminal acetylenes is 1. The summed E-state index contributed by atoms with van der Waals surface area (Å²) in [5, 5.41) is 16.1. The molecule has 0 amide bonds. The van der Waals surface area contributed by atoms with Crippen molar-refractivity contribution in [1.29, 1.82) is 10.5 Å². The van der Waals surface area contributed by atoms with Crippen molar-refractivity contribution in [3.63, 3.8) is 0 Å². The Morgan fingerprint density at radius 2 is 1.61 bits per heavy atom. The monoisotopic (exact) mass is 274 g/mol. The summed E-state index contributed by atoms with van der Waals surface area (Å²) in [6, 6.07) is 3.68. The lowest BCUT2D eigenvalue weighted by Gasteiger charge is -1.84. The fourth-order valence-electron chi connectivity index (χ4n) is 0.490. The molecule has 0 aromatic carbocycles. The average Bonchev–Trinajstić information content (AvgIpc) is 2.27. The minimum absolute atomic E-state index is 0.403. The summed E-state index contributed by atoms with van der Waals surface area (Å²) in [6.45, 7) is 3.95. The van der Waals surface area contributed by atoms with E-state index in [1.807, 2.05) is 19.1 Å². The van der Waals surface area contributed by atoms with Crippen LogP contribution in [0.15, 0.2) is 0 Å². The molecule has 0 aromatic rings. The molecule has 3 N–H and O–H groups in total. The van der Waals surface area contributed by atoms with Gasteiger partial charge in [-0.2, -0.15) is 10.5 Å². The van der Waals surface area contributed by atoms with E-state index in [0.717, 1.165) is 6.42 Å². The van der Waals surface area contributed by atoms with Crippen molar-refractivity contribution in [3.05, 3.63) is 0 Å². The van der Waals surface area contributed by atoms with Crippen LogP contribution in [-0.4, -0.2) is 14.7 Å². The molecule has 0 aliphatic heterocycles. The standard InChI is InChI=1S/C6H10.C5H6N2.H3O4P/c1-3-5-6-4-2;1-2-5(3-6)4-7;1-5(2,3)4/h1H,4-6H2,2H3;5H,2H2,1H3;(H3,1,2,3,4). The molecule has 7 heteroatoms. The van der Waals surface area contributed by atoms with Gasteiger partial charge in [0, 0.05) is 6.42 Å². The molecule has 0 aliphatic rings. The normalized spacial score (nSPS) is 8.61. The summed E-state index contributed by atoms with van der Waals surface area (Å²) in [4.78, 5) is 21.6. The molecule has 0 fully saturated rings. The van der Waals surface area contributed by atoms with Crippen molar-refractivity contribution >= 4 is 7.82 Å². The van der Waals surface area contributed by atoms with Crippen LogP contribution < -0.4 is 0 Å². The van der Waals surface area contributed by atoms with Gasteiger partial charge in [0.1, 0.15) is 5.92 Å². The van der Waals surface area contributed by atoms with Crippen LogP contribution in [0.2, 0.25) is 0 Å². The highest BCUT2D eigenvalue weighted by molar-refractivity contribution is 7.45. The zero-order valence-corrected chi connectivity index (χ0v) is 11.5. The van der Waals surface area contributed by atoms with Gasteiger partial charge in [-0.3, -0.25) is 0 Å². The summed E-state index contributed by atoms with van der Waals surface area (Å²) in [5.41, 5.74) is 0. The largest absolute Gasteiger partial charge is 0.466 e. The molecule has 0 unspecified atom stereocenters. The van der Waals surface area contributed by atoms with Gasteiger partial charge in [-0.05, 0) is 12.8 Å². The Bertz CT molecular complexity index is 323. The van der Waals surface area contributed by atoms with Crippen LogP contribution in [-0.2, 0) is 4.57 Å². The summed E-state index contributed by atoms with van der Waals surface area (Å²) in [6.07, 6.45) is 8.93. The van der Waals surface area contributed by atoms with Crippen LogP contribution in [0.1, 0.15) is 39.5 Å². The van der Waals surface area contributed by atoms with Gasteiger partial charge in [0.05, 0.1) is 12.1 Å². The highest BCUT2D eigenvalue weighted by Gasteiger charge is 2.00. The van der Waals surface area contributed by atoms with E-state index in [4.69, 9.17) is 36.2 Å². The first-order chi connectivity index (χ1) is 8.26. The quantitative estimate of drug-likeness (QED) is 0.410. The number of rotatable bonds is 3. The van der Waals surface area contributed by atoms with Crippen molar-refractivity contribution < 1.29 is 19.2 Å². The third kappa shape index (κ3) is 46.6. The van der Waals surface area contributed by atoms with Crippen molar-refractivity contribution in [1.82, 2.24) is 0 Å². The lowest BCUT2D eigenvalue weighted by Crippen LogP contribution is -1.86. The van der Waals surface area contributed by atoms with Gasteiger partial charge in [-0.25, -0.2) is 4.57 Å². The third-order valence-electron chi connectivity index (χ3n) is 1.39. The van der Waals surface area contributed by atoms with Gasteiger partial charge in [0.15, 0.2) is 0 Å². The Labute approximate surface area is 108 Å². The average molecular weight is 274 g/mol. The molecule has 0 spiro atoms. The number of nitrogens with zero attached hydrogens (tertiary/aromatic N) is 2. The Balaban J connectivity index is -0.000000190. The number of unbranched alkanes of at least 4 members (excludes halogenated alkanes) is 2. The molecule has 6 nitrogen and oxygen atoms in total. The SMILES string of the molecule is C#CCCCC.CCC(C#N)C#N.O=P(O)(O)O. The molecule has 0 heterocycles. The zero-order valence-electron chi connectivity index (χ0n) is 10.6. The van der Waals surface area contributed by atoms with Crippen LogP contribution in [0, 0.1) is 40.9 Å². The predicted molar refractivity (Wildman–Crippen MR) is 67.6 cm³/mol. The van der Waals surface area contributed by atoms with E-state index < -0.39 is 13.7 Å². The van der Waals surface area contributed by atoms with Gasteiger partial charge in [-0.15, -0.1) is 12.3 Å². The van der Waals surface area contributed by atoms with E-state index in [1.54, 1.807) is 0 Å². The Kier molecular flexibility index (Phi) is 19.0. The lowest BCUT2D eigenvalue weighted by molar-refractivity contribution is 0.275. The molecule has 0 saturated heterocycles. The third-order valence-corrected chi connectivity index (χ3v) is 1.39. The Morgan fingerprint density at radius 1 is 1.22 bits per heavy atom. The molecular formula is C11H19N2O4P. The van der Waals surface area contributed by atoms with E-state index in [-0.39, 0.29) is 0 Å². The van der Waals surface area contributed by atoms with Crippen LogP contribution >= 0.6 is 7.82 Å². The molecule has 0 bridgehead atoms. The van der Waals surface area contributed by atoms with Crippen molar-refractivity contribution in [2.75, 3.05) is 0 Å². The second kappa shape index (κ2) is 15.6. The van der Waals surface area contributed by atoms with Gasteiger partial charge < -0.3 is 14.7 Å². The molecule has 0 saturated carbocycles. The van der Waals surface area contributed by atoms with E-state index in [1.165, 1.54) is 12.8 Å². The maximum atomic E-state index is 8.88. The summed E-state index contributed by atoms with van der Waals surface area (Å²) >= 11 is 0. The summed E-state index contributed by atoms with van der Waals surface area (Å²) in [5.74, 6) is 2.17. The fourth-order valence-corrected chi connectivity index (χ4v) is 0.490. The zero-order chi connectivity index (χ0) is 15.0. The molecule has 0 atom stereocenters. The second-order valence-electron chi connectivity index (χ2n) is 3.04. The number of phosphoric acid groups is 1. The van der Waals surface area contributed by atoms with Crippen molar-refractivity contribution in [3.8, 4) is 24.5 Å². The maximum absolute atomic E-state index is 8.88. The van der Waals surface area contributed by atoms with Crippen LogP contribution in [0.25, 0.3) is 0 Å². The van der Waals surface area contributed by atoms with Crippen LogP contribution in [0.5, 0.6) is 0 Å². The highest BCUT2D eigenvalue weighted by Crippen LogP contribution is 2.25. The first-order valence-corrected chi connectivity index (χ1v) is 6.84. The fraction of sp³-hybridized carbons (Fsp3) is 0.636. The first kappa shape index (κ1) is 21.9. The van der Waals surface area contributed by atoms with Gasteiger partial charge in [0.2, 0.25) is 0 Å². The highest BCUT2D eigenvalue weighted by atomic mass is 31.2. The van der Waals surface area contributed by atoms with E-state index in [0.29, 0.717) is 6.42 Å². The topological polar surface area (TPSA) is 125 Å². The van der Waals surface area contributed by atoms with Crippen LogP contribution in [0.3, 0.4) is 0 Å². The van der Waals surface area contributed by atoms with Crippen LogP contribution in [0.4, 0.5) is 0 Å². The molecule has 0 radical (unpaired) electrons. The second-order valence-corrected chi connectivity index (χ2v) is 4.07. The molecule has 0 rings (SSSR count). The van der Waals surface area contributed by atoms with E-state index >= 15 is 0 Å². The Morgan fingerprint density at radius 3 is 1.67 bits per heavy atom. The van der Waals surface area contributed by atoms with Gasteiger partial charge in [-0.1, -0.05) is 20.3 Å². The van der Waals surface area contributed by atoms with E-state index in [2.05, 4.69) is 12.8 Å². The van der Waals surface area contributed by atoms with Crippen molar-refractivity contribution in [2.45, 2.75) is 39.5 Å². The molecule has 18 heavy (non-hydrogen) atoms.